The van der Waals surface area contributed by atoms with Crippen LogP contribution in [0, 0.1) is 0 Å². The first-order valence-corrected chi connectivity index (χ1v) is 8.82. The summed E-state index contributed by atoms with van der Waals surface area (Å²) < 4.78 is 0. The Balaban J connectivity index is 2.06. The molecule has 0 unspecified atom stereocenters. The van der Waals surface area contributed by atoms with Crippen LogP contribution in [0.3, 0.4) is 0 Å². The van der Waals surface area contributed by atoms with E-state index in [1.165, 1.54) is 44.9 Å². The van der Waals surface area contributed by atoms with Crippen molar-refractivity contribution < 1.29 is 0 Å². The molecule has 1 saturated carbocycles. The topological polar surface area (TPSA) is 37.0 Å². The number of aromatic nitrogens is 1. The van der Waals surface area contributed by atoms with Gasteiger partial charge >= 0.3 is 0 Å². The molecule has 5 heteroatoms. The third-order valence-corrected chi connectivity index (χ3v) is 4.49. The van der Waals surface area contributed by atoms with Crippen LogP contribution in [0.4, 0.5) is 11.6 Å². The normalized spacial score (nSPS) is 17.1. The van der Waals surface area contributed by atoms with Gasteiger partial charge in [0.2, 0.25) is 0 Å². The molecule has 0 aliphatic heterocycles. The van der Waals surface area contributed by atoms with E-state index < -0.39 is 0 Å². The molecule has 0 saturated heterocycles. The molecule has 1 aliphatic carbocycles. The average molecular weight is 330 g/mol. The van der Waals surface area contributed by atoms with E-state index in [0.717, 1.165) is 24.6 Å². The zero-order chi connectivity index (χ0) is 15.1. The fraction of sp³-hybridized carbons (Fsp3) is 0.688. The van der Waals surface area contributed by atoms with Gasteiger partial charge in [-0.25, -0.2) is 4.98 Å². The van der Waals surface area contributed by atoms with Crippen molar-refractivity contribution in [2.75, 3.05) is 17.2 Å². The van der Waals surface area contributed by atoms with Gasteiger partial charge in [0.15, 0.2) is 0 Å². The standard InChI is InChI=1S/C16H25Cl2N3/c1-2-10-19-15-13(17)11-14(18)16(21-15)20-12-8-6-4-3-5-7-9-12/h11-12H,2-10H2,1H3,(H2,19,20,21). The van der Waals surface area contributed by atoms with Gasteiger partial charge in [-0.1, -0.05) is 62.2 Å². The van der Waals surface area contributed by atoms with Crippen LogP contribution >= 0.6 is 23.2 Å². The van der Waals surface area contributed by atoms with Gasteiger partial charge in [0.25, 0.3) is 0 Å². The van der Waals surface area contributed by atoms with Crippen molar-refractivity contribution >= 4 is 34.8 Å². The molecule has 1 aromatic rings. The molecule has 2 rings (SSSR count). The summed E-state index contributed by atoms with van der Waals surface area (Å²) in [5, 5.41) is 7.95. The highest BCUT2D eigenvalue weighted by molar-refractivity contribution is 6.37. The Labute approximate surface area is 137 Å². The van der Waals surface area contributed by atoms with Crippen LogP contribution in [0.15, 0.2) is 6.07 Å². The van der Waals surface area contributed by atoms with Crippen molar-refractivity contribution in [2.45, 2.75) is 64.3 Å². The Morgan fingerprint density at radius 1 is 1.05 bits per heavy atom. The molecule has 1 aromatic heterocycles. The van der Waals surface area contributed by atoms with E-state index in [4.69, 9.17) is 23.2 Å². The molecule has 2 N–H and O–H groups in total. The van der Waals surface area contributed by atoms with Gasteiger partial charge in [-0.15, -0.1) is 0 Å². The molecule has 1 heterocycles. The van der Waals surface area contributed by atoms with Crippen molar-refractivity contribution in [3.63, 3.8) is 0 Å². The summed E-state index contributed by atoms with van der Waals surface area (Å²) in [6.45, 7) is 2.97. The van der Waals surface area contributed by atoms with Crippen LogP contribution in [0.25, 0.3) is 0 Å². The first kappa shape index (κ1) is 16.7. The number of hydrogen-bond acceptors (Lipinski definition) is 3. The molecule has 0 amide bonds. The smallest absolute Gasteiger partial charge is 0.147 e. The maximum atomic E-state index is 6.29. The summed E-state index contributed by atoms with van der Waals surface area (Å²) in [7, 11) is 0. The second-order valence-corrected chi connectivity index (χ2v) is 6.58. The number of pyridine rings is 1. The van der Waals surface area contributed by atoms with E-state index in [0.29, 0.717) is 16.1 Å². The van der Waals surface area contributed by atoms with Gasteiger partial charge in [0.05, 0.1) is 10.0 Å². The molecule has 0 aromatic carbocycles. The lowest BCUT2D eigenvalue weighted by Crippen LogP contribution is -2.21. The number of hydrogen-bond donors (Lipinski definition) is 2. The van der Waals surface area contributed by atoms with Crippen molar-refractivity contribution in [1.29, 1.82) is 0 Å². The number of nitrogens with zero attached hydrogens (tertiary/aromatic N) is 1. The van der Waals surface area contributed by atoms with E-state index in [2.05, 4.69) is 22.5 Å². The SMILES string of the molecule is CCCNc1nc(NC2CCCCCCC2)c(Cl)cc1Cl. The maximum Gasteiger partial charge on any atom is 0.147 e. The van der Waals surface area contributed by atoms with Gasteiger partial charge in [-0.3, -0.25) is 0 Å². The van der Waals surface area contributed by atoms with Crippen LogP contribution in [0.5, 0.6) is 0 Å². The molecule has 0 spiro atoms. The number of anilines is 2. The summed E-state index contributed by atoms with van der Waals surface area (Å²) in [5.41, 5.74) is 0. The summed E-state index contributed by atoms with van der Waals surface area (Å²) in [4.78, 5) is 4.57. The van der Waals surface area contributed by atoms with Crippen LogP contribution < -0.4 is 10.6 Å². The molecule has 1 fully saturated rings. The summed E-state index contributed by atoms with van der Waals surface area (Å²) in [5.74, 6) is 1.47. The molecular formula is C16H25Cl2N3. The van der Waals surface area contributed by atoms with Crippen LogP contribution in [0.2, 0.25) is 10.0 Å². The van der Waals surface area contributed by atoms with Crippen LogP contribution in [-0.4, -0.2) is 17.6 Å². The van der Waals surface area contributed by atoms with E-state index in [1.54, 1.807) is 6.07 Å². The highest BCUT2D eigenvalue weighted by Gasteiger charge is 2.15. The molecule has 21 heavy (non-hydrogen) atoms. The molecular weight excluding hydrogens is 305 g/mol. The quantitative estimate of drug-likeness (QED) is 0.723. The van der Waals surface area contributed by atoms with Crippen LogP contribution in [0.1, 0.15) is 58.3 Å². The minimum atomic E-state index is 0.468. The highest BCUT2D eigenvalue weighted by atomic mass is 35.5. The molecule has 1 aliphatic rings. The third kappa shape index (κ3) is 5.23. The average Bonchev–Trinajstić information content (AvgIpc) is 2.43. The first-order valence-electron chi connectivity index (χ1n) is 8.07. The molecule has 118 valence electrons. The van der Waals surface area contributed by atoms with Gasteiger partial charge in [-0.2, -0.15) is 0 Å². The lowest BCUT2D eigenvalue weighted by Gasteiger charge is -2.22. The number of halogens is 2. The van der Waals surface area contributed by atoms with E-state index >= 15 is 0 Å². The van der Waals surface area contributed by atoms with Crippen molar-refractivity contribution in [2.24, 2.45) is 0 Å². The predicted molar refractivity (Wildman–Crippen MR) is 92.8 cm³/mol. The van der Waals surface area contributed by atoms with Crippen molar-refractivity contribution in [3.8, 4) is 0 Å². The number of nitrogens with one attached hydrogen (secondary N) is 2. The Hall–Kier alpha value is -0.670. The fourth-order valence-corrected chi connectivity index (χ4v) is 3.21. The minimum Gasteiger partial charge on any atom is -0.369 e. The van der Waals surface area contributed by atoms with Gasteiger partial charge in [-0.05, 0) is 25.3 Å². The zero-order valence-electron chi connectivity index (χ0n) is 12.7. The second-order valence-electron chi connectivity index (χ2n) is 5.76. The van der Waals surface area contributed by atoms with Gasteiger partial charge < -0.3 is 10.6 Å². The Bertz CT molecular complexity index is 443. The molecule has 0 radical (unpaired) electrons. The molecule has 0 bridgehead atoms. The Morgan fingerprint density at radius 2 is 1.67 bits per heavy atom. The minimum absolute atomic E-state index is 0.468. The van der Waals surface area contributed by atoms with Gasteiger partial charge in [0, 0.05) is 12.6 Å². The Morgan fingerprint density at radius 3 is 2.33 bits per heavy atom. The second kappa shape index (κ2) is 8.70. The monoisotopic (exact) mass is 329 g/mol. The fourth-order valence-electron chi connectivity index (χ4n) is 2.73. The van der Waals surface area contributed by atoms with Crippen molar-refractivity contribution in [3.05, 3.63) is 16.1 Å². The lowest BCUT2D eigenvalue weighted by atomic mass is 9.97. The highest BCUT2D eigenvalue weighted by Crippen LogP contribution is 2.31. The molecule has 3 nitrogen and oxygen atoms in total. The van der Waals surface area contributed by atoms with E-state index in [9.17, 15) is 0 Å². The van der Waals surface area contributed by atoms with E-state index in [-0.39, 0.29) is 0 Å². The predicted octanol–water partition coefficient (Wildman–Crippen LogP) is 5.74. The zero-order valence-corrected chi connectivity index (χ0v) is 14.2. The first-order chi connectivity index (χ1) is 10.2. The lowest BCUT2D eigenvalue weighted by molar-refractivity contribution is 0.471. The third-order valence-electron chi connectivity index (χ3n) is 3.92. The largest absolute Gasteiger partial charge is 0.369 e. The summed E-state index contributed by atoms with van der Waals surface area (Å²) in [6, 6.07) is 2.25. The van der Waals surface area contributed by atoms with Crippen molar-refractivity contribution in [1.82, 2.24) is 4.98 Å². The number of rotatable bonds is 5. The summed E-state index contributed by atoms with van der Waals surface area (Å²) in [6.07, 6.45) is 10.0. The van der Waals surface area contributed by atoms with Crippen LogP contribution in [-0.2, 0) is 0 Å². The molecule has 0 atom stereocenters. The van der Waals surface area contributed by atoms with Gasteiger partial charge in [0.1, 0.15) is 11.6 Å². The maximum absolute atomic E-state index is 6.29. The Kier molecular flexibility index (Phi) is 6.91. The van der Waals surface area contributed by atoms with E-state index in [1.807, 2.05) is 0 Å². The summed E-state index contributed by atoms with van der Waals surface area (Å²) >= 11 is 12.5.